The molecule has 0 radical (unpaired) electrons. The summed E-state index contributed by atoms with van der Waals surface area (Å²) in [6.45, 7) is 22.2. The van der Waals surface area contributed by atoms with Crippen molar-refractivity contribution in [1.82, 2.24) is 24.5 Å². The van der Waals surface area contributed by atoms with E-state index in [1.54, 1.807) is 12.3 Å². The molecular formula is C39H60N6O5Si2. The van der Waals surface area contributed by atoms with Crippen molar-refractivity contribution in [3.8, 4) is 11.1 Å². The first-order chi connectivity index (χ1) is 24.5. The van der Waals surface area contributed by atoms with Gasteiger partial charge in [0, 0.05) is 70.3 Å². The summed E-state index contributed by atoms with van der Waals surface area (Å²) in [5.41, 5.74) is 4.68. The molecule has 1 aliphatic carbocycles. The van der Waals surface area contributed by atoms with E-state index >= 15 is 0 Å². The summed E-state index contributed by atoms with van der Waals surface area (Å²) in [6.07, 6.45) is 9.99. The minimum Gasteiger partial charge on any atom is -0.444 e. The molecule has 2 saturated heterocycles. The molecule has 13 heteroatoms. The Morgan fingerprint density at radius 3 is 2.02 bits per heavy atom. The lowest BCUT2D eigenvalue weighted by Gasteiger charge is -2.40. The molecule has 3 aliphatic rings. The van der Waals surface area contributed by atoms with Gasteiger partial charge in [0.05, 0.1) is 11.9 Å². The maximum Gasteiger partial charge on any atom is 0.410 e. The van der Waals surface area contributed by atoms with Crippen molar-refractivity contribution in [3.05, 3.63) is 41.5 Å². The van der Waals surface area contributed by atoms with Gasteiger partial charge in [-0.2, -0.15) is 9.61 Å². The predicted octanol–water partition coefficient (Wildman–Crippen LogP) is 8.56. The maximum atomic E-state index is 13.4. The molecule has 2 bridgehead atoms. The maximum absolute atomic E-state index is 13.4. The third kappa shape index (κ3) is 9.32. The minimum absolute atomic E-state index is 0.113. The number of pyridine rings is 1. The lowest BCUT2D eigenvalue weighted by Crippen LogP contribution is -2.48. The number of aldehydes is 1. The highest BCUT2D eigenvalue weighted by atomic mass is 28.3. The second kappa shape index (κ2) is 15.3. The Hall–Kier alpha value is -3.14. The average molecular weight is 749 g/mol. The summed E-state index contributed by atoms with van der Waals surface area (Å²) < 4.78 is 20.8. The second-order valence-electron chi connectivity index (χ2n) is 18.6. The molecule has 0 N–H and O–H groups in total. The van der Waals surface area contributed by atoms with E-state index in [-0.39, 0.29) is 24.1 Å². The second-order valence-corrected chi connectivity index (χ2v) is 29.8. The van der Waals surface area contributed by atoms with E-state index in [1.807, 2.05) is 42.4 Å². The molecule has 2 aliphatic heterocycles. The molecule has 5 heterocycles. The molecule has 11 nitrogen and oxygen atoms in total. The van der Waals surface area contributed by atoms with Crippen LogP contribution in [0.25, 0.3) is 16.8 Å². The summed E-state index contributed by atoms with van der Waals surface area (Å²) in [6, 6.07) is 6.04. The SMILES string of the molecule is CC(C)(C)OC(=O)N1[C@@H]2CC[C@H]1C[C@@H](c1nc3c(-c4ccc(C=O)nc4)cnn3c(N(COCC[Si](C)(C)C)COCC[Si](C)(C)C)c1C1CC1)C2. The first kappa shape index (κ1) is 38.6. The lowest BCUT2D eigenvalue weighted by molar-refractivity contribution is 0.00565. The van der Waals surface area contributed by atoms with Crippen molar-refractivity contribution in [1.29, 1.82) is 0 Å². The van der Waals surface area contributed by atoms with Gasteiger partial charge >= 0.3 is 6.09 Å². The van der Waals surface area contributed by atoms with E-state index in [2.05, 4.69) is 49.2 Å². The van der Waals surface area contributed by atoms with E-state index < -0.39 is 21.7 Å². The van der Waals surface area contributed by atoms with Crippen molar-refractivity contribution in [2.24, 2.45) is 0 Å². The Balaban J connectivity index is 1.43. The minimum atomic E-state index is -1.29. The van der Waals surface area contributed by atoms with Gasteiger partial charge in [-0.25, -0.2) is 9.78 Å². The third-order valence-corrected chi connectivity index (χ3v) is 13.8. The molecule has 3 fully saturated rings. The normalized spacial score (nSPS) is 20.8. The van der Waals surface area contributed by atoms with E-state index in [0.717, 1.165) is 85.2 Å². The molecule has 6 rings (SSSR count). The van der Waals surface area contributed by atoms with Crippen LogP contribution in [-0.2, 0) is 14.2 Å². The fourth-order valence-corrected chi connectivity index (χ4v) is 9.02. The molecule has 3 atom stereocenters. The number of rotatable bonds is 15. The number of hydrogen-bond acceptors (Lipinski definition) is 9. The first-order valence-electron chi connectivity index (χ1n) is 19.3. The van der Waals surface area contributed by atoms with Crippen LogP contribution in [0.1, 0.15) is 92.9 Å². The van der Waals surface area contributed by atoms with Crippen molar-refractivity contribution in [2.75, 3.05) is 31.6 Å². The fraction of sp³-hybridized carbons (Fsp3) is 0.667. The smallest absolute Gasteiger partial charge is 0.410 e. The fourth-order valence-electron chi connectivity index (χ4n) is 7.50. The summed E-state index contributed by atoms with van der Waals surface area (Å²) in [4.78, 5) is 39.0. The number of aromatic nitrogens is 4. The summed E-state index contributed by atoms with van der Waals surface area (Å²) in [7, 11) is -2.59. The van der Waals surface area contributed by atoms with Crippen LogP contribution in [0.3, 0.4) is 0 Å². The van der Waals surface area contributed by atoms with Crippen molar-refractivity contribution in [2.45, 2.75) is 140 Å². The number of anilines is 1. The molecule has 0 unspecified atom stereocenters. The summed E-state index contributed by atoms with van der Waals surface area (Å²) in [5.74, 6) is 1.54. The van der Waals surface area contributed by atoms with Crippen LogP contribution >= 0.6 is 0 Å². The van der Waals surface area contributed by atoms with Gasteiger partial charge in [0.1, 0.15) is 30.6 Å². The van der Waals surface area contributed by atoms with Gasteiger partial charge in [-0.15, -0.1) is 0 Å². The highest BCUT2D eigenvalue weighted by Gasteiger charge is 2.47. The Kier molecular flexibility index (Phi) is 11.4. The number of piperidine rings is 1. The number of carbonyl (C=O) groups is 2. The molecule has 1 amide bonds. The highest BCUT2D eigenvalue weighted by Crippen LogP contribution is 2.52. The van der Waals surface area contributed by atoms with Crippen LogP contribution in [0.5, 0.6) is 0 Å². The number of nitrogens with zero attached hydrogens (tertiary/aromatic N) is 6. The quantitative estimate of drug-likeness (QED) is 0.0653. The van der Waals surface area contributed by atoms with Gasteiger partial charge < -0.3 is 24.0 Å². The van der Waals surface area contributed by atoms with Gasteiger partial charge in [-0.05, 0) is 83.4 Å². The van der Waals surface area contributed by atoms with Crippen LogP contribution in [0.4, 0.5) is 10.6 Å². The number of carbonyl (C=O) groups excluding carboxylic acids is 2. The Bertz CT molecular complexity index is 1690. The topological polar surface area (TPSA) is 111 Å². The van der Waals surface area contributed by atoms with Crippen LogP contribution in [-0.4, -0.2) is 97.4 Å². The van der Waals surface area contributed by atoms with E-state index in [4.69, 9.17) is 24.3 Å². The van der Waals surface area contributed by atoms with Crippen LogP contribution in [0.15, 0.2) is 24.5 Å². The molecule has 3 aromatic rings. The largest absolute Gasteiger partial charge is 0.444 e. The summed E-state index contributed by atoms with van der Waals surface area (Å²) in [5, 5.41) is 5.01. The van der Waals surface area contributed by atoms with Crippen LogP contribution in [0, 0.1) is 0 Å². The van der Waals surface area contributed by atoms with Crippen LogP contribution < -0.4 is 4.90 Å². The van der Waals surface area contributed by atoms with E-state index in [0.29, 0.717) is 38.3 Å². The van der Waals surface area contributed by atoms with Gasteiger partial charge in [-0.1, -0.05) is 45.3 Å². The zero-order chi connectivity index (χ0) is 37.4. The number of fused-ring (bicyclic) bond motifs is 3. The zero-order valence-corrected chi connectivity index (χ0v) is 34.9. The number of amides is 1. The Labute approximate surface area is 311 Å². The Morgan fingerprint density at radius 1 is 0.904 bits per heavy atom. The van der Waals surface area contributed by atoms with Crippen LogP contribution in [0.2, 0.25) is 51.4 Å². The average Bonchev–Trinajstić information content (AvgIpc) is 3.75. The molecular weight excluding hydrogens is 689 g/mol. The number of ether oxygens (including phenoxy) is 3. The molecule has 284 valence electrons. The lowest BCUT2D eigenvalue weighted by atomic mass is 9.85. The van der Waals surface area contributed by atoms with Gasteiger partial charge in [0.25, 0.3) is 0 Å². The zero-order valence-electron chi connectivity index (χ0n) is 32.9. The standard InChI is InChI=1S/C39H60N6O5Si2/c1-39(2,3)50-38(47)44-31-14-15-32(44)21-29(20-31)35-34(27-10-11-27)37(43(25-48-16-18-51(4,5)6)26-49-17-19-52(7,8)9)45-36(42-35)33(23-41-45)28-12-13-30(24-46)40-22-28/h12-13,22-24,27,29,31-32H,10-11,14-21,25-26H2,1-9H3/t29-,31+,32-. The van der Waals surface area contributed by atoms with Gasteiger partial charge in [0.15, 0.2) is 11.9 Å². The monoisotopic (exact) mass is 748 g/mol. The first-order valence-corrected chi connectivity index (χ1v) is 26.7. The van der Waals surface area contributed by atoms with E-state index in [9.17, 15) is 9.59 Å². The van der Waals surface area contributed by atoms with Crippen molar-refractivity contribution in [3.63, 3.8) is 0 Å². The molecule has 3 aromatic heterocycles. The highest BCUT2D eigenvalue weighted by molar-refractivity contribution is 6.76. The molecule has 52 heavy (non-hydrogen) atoms. The summed E-state index contributed by atoms with van der Waals surface area (Å²) >= 11 is 0. The molecule has 1 saturated carbocycles. The van der Waals surface area contributed by atoms with Crippen molar-refractivity contribution >= 4 is 40.0 Å². The third-order valence-electron chi connectivity index (χ3n) is 10.4. The number of hydrogen-bond donors (Lipinski definition) is 0. The Morgan fingerprint density at radius 2 is 1.52 bits per heavy atom. The predicted molar refractivity (Wildman–Crippen MR) is 211 cm³/mol. The molecule has 0 spiro atoms. The van der Waals surface area contributed by atoms with Crippen molar-refractivity contribution < 1.29 is 23.8 Å². The van der Waals surface area contributed by atoms with Gasteiger partial charge in [-0.3, -0.25) is 9.78 Å². The van der Waals surface area contributed by atoms with Gasteiger partial charge in [0.2, 0.25) is 0 Å². The molecule has 0 aromatic carbocycles. The van der Waals surface area contributed by atoms with E-state index in [1.165, 1.54) is 5.56 Å².